The monoisotopic (exact) mass is 282 g/mol. The lowest BCUT2D eigenvalue weighted by atomic mass is 10.2. The summed E-state index contributed by atoms with van der Waals surface area (Å²) in [4.78, 5) is 16.1. The van der Waals surface area contributed by atoms with Crippen LogP contribution in [0.4, 0.5) is 10.6 Å². The van der Waals surface area contributed by atoms with E-state index >= 15 is 0 Å². The molecular formula is C15H14N4O2. The van der Waals surface area contributed by atoms with E-state index < -0.39 is 6.09 Å². The molecule has 2 N–H and O–H groups in total. The number of aromatic amines is 1. The number of fused-ring (bicyclic) bond motifs is 1. The average Bonchev–Trinajstić information content (AvgIpc) is 2.88. The van der Waals surface area contributed by atoms with Crippen LogP contribution in [-0.4, -0.2) is 21.3 Å². The Balaban J connectivity index is 1.66. The first-order chi connectivity index (χ1) is 10.2. The van der Waals surface area contributed by atoms with Gasteiger partial charge < -0.3 is 4.74 Å². The van der Waals surface area contributed by atoms with Crippen LogP contribution >= 0.6 is 0 Å². The highest BCUT2D eigenvalue weighted by atomic mass is 16.5. The Bertz CT molecular complexity index is 768. The van der Waals surface area contributed by atoms with Gasteiger partial charge >= 0.3 is 6.09 Å². The van der Waals surface area contributed by atoms with Crippen molar-refractivity contribution in [1.29, 1.82) is 0 Å². The molecule has 0 unspecified atom stereocenters. The van der Waals surface area contributed by atoms with Crippen LogP contribution in [0.2, 0.25) is 0 Å². The van der Waals surface area contributed by atoms with Gasteiger partial charge in [0.15, 0.2) is 11.5 Å². The number of H-pyrrole nitrogens is 1. The van der Waals surface area contributed by atoms with E-state index in [0.717, 1.165) is 16.6 Å². The van der Waals surface area contributed by atoms with Gasteiger partial charge in [0, 0.05) is 5.69 Å². The van der Waals surface area contributed by atoms with E-state index in [2.05, 4.69) is 20.5 Å². The van der Waals surface area contributed by atoms with E-state index in [1.807, 2.05) is 49.4 Å². The summed E-state index contributed by atoms with van der Waals surface area (Å²) in [6.45, 7) is 2.11. The predicted octanol–water partition coefficient (Wildman–Crippen LogP) is 3.02. The van der Waals surface area contributed by atoms with Gasteiger partial charge in [-0.3, -0.25) is 10.4 Å². The zero-order valence-corrected chi connectivity index (χ0v) is 11.5. The number of benzene rings is 1. The average molecular weight is 282 g/mol. The highest BCUT2D eigenvalue weighted by Gasteiger charge is 2.11. The normalized spacial score (nSPS) is 10.5. The standard InChI is InChI=1S/C15H14N4O2/c1-10-7-8-12-13(16-10)18-19-14(12)17-15(20)21-9-11-5-3-2-4-6-11/h2-8H,9H2,1H3,(H2,16,17,18,19,20). The Hall–Kier alpha value is -2.89. The molecule has 0 fully saturated rings. The van der Waals surface area contributed by atoms with Gasteiger partial charge in [-0.1, -0.05) is 30.3 Å². The van der Waals surface area contributed by atoms with Crippen LogP contribution < -0.4 is 5.32 Å². The third kappa shape index (κ3) is 3.00. The number of aromatic nitrogens is 3. The van der Waals surface area contributed by atoms with Crippen LogP contribution in [0.15, 0.2) is 42.5 Å². The first kappa shape index (κ1) is 13.1. The van der Waals surface area contributed by atoms with Gasteiger partial charge in [-0.25, -0.2) is 9.78 Å². The summed E-state index contributed by atoms with van der Waals surface area (Å²) in [5.41, 5.74) is 2.44. The number of hydrogen-bond acceptors (Lipinski definition) is 4. The highest BCUT2D eigenvalue weighted by molar-refractivity contribution is 5.95. The zero-order valence-electron chi connectivity index (χ0n) is 11.5. The van der Waals surface area contributed by atoms with Gasteiger partial charge in [0.1, 0.15) is 6.61 Å². The molecule has 1 amide bonds. The smallest absolute Gasteiger partial charge is 0.413 e. The lowest BCUT2D eigenvalue weighted by Crippen LogP contribution is -2.14. The lowest BCUT2D eigenvalue weighted by molar-refractivity contribution is 0.155. The number of rotatable bonds is 3. The second-order valence-electron chi connectivity index (χ2n) is 4.61. The van der Waals surface area contributed by atoms with Crippen molar-refractivity contribution >= 4 is 22.9 Å². The number of aryl methyl sites for hydroxylation is 1. The topological polar surface area (TPSA) is 79.9 Å². The maximum Gasteiger partial charge on any atom is 0.413 e. The third-order valence-corrected chi connectivity index (χ3v) is 3.00. The summed E-state index contributed by atoms with van der Waals surface area (Å²) >= 11 is 0. The van der Waals surface area contributed by atoms with E-state index in [-0.39, 0.29) is 6.61 Å². The fourth-order valence-corrected chi connectivity index (χ4v) is 1.95. The molecule has 106 valence electrons. The van der Waals surface area contributed by atoms with Crippen molar-refractivity contribution in [1.82, 2.24) is 15.2 Å². The molecule has 0 radical (unpaired) electrons. The van der Waals surface area contributed by atoms with Crippen LogP contribution in [0.5, 0.6) is 0 Å². The largest absolute Gasteiger partial charge is 0.444 e. The minimum atomic E-state index is -0.548. The second kappa shape index (κ2) is 5.62. The Morgan fingerprint density at radius 3 is 2.86 bits per heavy atom. The Kier molecular flexibility index (Phi) is 3.51. The molecule has 0 atom stereocenters. The summed E-state index contributed by atoms with van der Waals surface area (Å²) < 4.78 is 5.15. The molecule has 0 spiro atoms. The molecule has 21 heavy (non-hydrogen) atoms. The van der Waals surface area contributed by atoms with Crippen molar-refractivity contribution in [3.05, 3.63) is 53.7 Å². The predicted molar refractivity (Wildman–Crippen MR) is 78.9 cm³/mol. The van der Waals surface area contributed by atoms with Crippen LogP contribution in [0, 0.1) is 6.92 Å². The van der Waals surface area contributed by atoms with Gasteiger partial charge in [-0.15, -0.1) is 0 Å². The number of nitrogens with one attached hydrogen (secondary N) is 2. The summed E-state index contributed by atoms with van der Waals surface area (Å²) in [7, 11) is 0. The maximum absolute atomic E-state index is 11.8. The number of carbonyl (C=O) groups excluding carboxylic acids is 1. The molecule has 2 aromatic heterocycles. The molecular weight excluding hydrogens is 268 g/mol. The summed E-state index contributed by atoms with van der Waals surface area (Å²) in [6, 6.07) is 13.2. The lowest BCUT2D eigenvalue weighted by Gasteiger charge is -2.05. The van der Waals surface area contributed by atoms with E-state index in [0.29, 0.717) is 11.5 Å². The second-order valence-corrected chi connectivity index (χ2v) is 4.61. The number of amides is 1. The summed E-state index contributed by atoms with van der Waals surface area (Å²) in [6.07, 6.45) is -0.548. The molecule has 1 aromatic carbocycles. The van der Waals surface area contributed by atoms with E-state index in [1.54, 1.807) is 0 Å². The molecule has 2 heterocycles. The zero-order chi connectivity index (χ0) is 14.7. The van der Waals surface area contributed by atoms with Crippen LogP contribution in [0.3, 0.4) is 0 Å². The van der Waals surface area contributed by atoms with Crippen molar-refractivity contribution in [3.8, 4) is 0 Å². The molecule has 0 saturated heterocycles. The van der Waals surface area contributed by atoms with Gasteiger partial charge in [-0.2, -0.15) is 5.10 Å². The van der Waals surface area contributed by atoms with E-state index in [4.69, 9.17) is 4.74 Å². The van der Waals surface area contributed by atoms with Crippen LogP contribution in [0.25, 0.3) is 11.0 Å². The van der Waals surface area contributed by atoms with Crippen LogP contribution in [0.1, 0.15) is 11.3 Å². The van der Waals surface area contributed by atoms with Crippen molar-refractivity contribution in [2.75, 3.05) is 5.32 Å². The fraction of sp³-hybridized carbons (Fsp3) is 0.133. The number of anilines is 1. The maximum atomic E-state index is 11.8. The Labute approximate surface area is 121 Å². The number of hydrogen-bond donors (Lipinski definition) is 2. The van der Waals surface area contributed by atoms with Gasteiger partial charge in [0.2, 0.25) is 0 Å². The van der Waals surface area contributed by atoms with Crippen molar-refractivity contribution in [3.63, 3.8) is 0 Å². The Morgan fingerprint density at radius 2 is 2.05 bits per heavy atom. The SMILES string of the molecule is Cc1ccc2c(NC(=O)OCc3ccccc3)n[nH]c2n1. The molecule has 0 bridgehead atoms. The molecule has 0 saturated carbocycles. The van der Waals surface area contributed by atoms with E-state index in [9.17, 15) is 4.79 Å². The third-order valence-electron chi connectivity index (χ3n) is 3.00. The molecule has 0 aliphatic heterocycles. The highest BCUT2D eigenvalue weighted by Crippen LogP contribution is 2.19. The van der Waals surface area contributed by atoms with E-state index in [1.165, 1.54) is 0 Å². The quantitative estimate of drug-likeness (QED) is 0.773. The fourth-order valence-electron chi connectivity index (χ4n) is 1.95. The van der Waals surface area contributed by atoms with Gasteiger partial charge in [-0.05, 0) is 24.6 Å². The molecule has 0 aliphatic carbocycles. The minimum Gasteiger partial charge on any atom is -0.444 e. The number of carbonyl (C=O) groups is 1. The van der Waals surface area contributed by atoms with Crippen LogP contribution in [-0.2, 0) is 11.3 Å². The molecule has 3 aromatic rings. The number of ether oxygens (including phenoxy) is 1. The van der Waals surface area contributed by atoms with Crippen molar-refractivity contribution < 1.29 is 9.53 Å². The molecule has 6 heteroatoms. The first-order valence-electron chi connectivity index (χ1n) is 6.52. The minimum absolute atomic E-state index is 0.215. The Morgan fingerprint density at radius 1 is 1.24 bits per heavy atom. The summed E-state index contributed by atoms with van der Waals surface area (Å²) in [5.74, 6) is 0.413. The van der Waals surface area contributed by atoms with Gasteiger partial charge in [0.25, 0.3) is 0 Å². The molecule has 6 nitrogen and oxygen atoms in total. The number of nitrogens with zero attached hydrogens (tertiary/aromatic N) is 2. The summed E-state index contributed by atoms with van der Waals surface area (Å²) in [5, 5.41) is 10.2. The first-order valence-corrected chi connectivity index (χ1v) is 6.52. The van der Waals surface area contributed by atoms with Gasteiger partial charge in [0.05, 0.1) is 5.39 Å². The molecule has 0 aliphatic rings. The molecule has 3 rings (SSSR count). The van der Waals surface area contributed by atoms with Crippen molar-refractivity contribution in [2.45, 2.75) is 13.5 Å². The number of pyridine rings is 1. The van der Waals surface area contributed by atoms with Crippen molar-refractivity contribution in [2.24, 2.45) is 0 Å².